The Labute approximate surface area is 100 Å². The van der Waals surface area contributed by atoms with Crippen molar-refractivity contribution in [2.24, 2.45) is 5.73 Å². The fourth-order valence-corrected chi connectivity index (χ4v) is 1.88. The average molecular weight is 246 g/mol. The number of rotatable bonds is 5. The summed E-state index contributed by atoms with van der Waals surface area (Å²) < 4.78 is 17.8. The number of hydrogen-bond donors (Lipinski definition) is 1. The molecule has 0 saturated carbocycles. The third kappa shape index (κ3) is 4.20. The van der Waals surface area contributed by atoms with Crippen molar-refractivity contribution in [1.29, 1.82) is 0 Å². The van der Waals surface area contributed by atoms with Gasteiger partial charge in [-0.05, 0) is 19.3 Å². The van der Waals surface area contributed by atoms with Gasteiger partial charge < -0.3 is 15.4 Å². The Kier molecular flexibility index (Phi) is 5.18. The second kappa shape index (κ2) is 6.42. The molecule has 0 aliphatic carbocycles. The largest absolute Gasteiger partial charge is 0.436 e. The summed E-state index contributed by atoms with van der Waals surface area (Å²) in [5.74, 6) is -0.336. The maximum absolute atomic E-state index is 13.0. The van der Waals surface area contributed by atoms with Crippen LogP contribution in [0.3, 0.4) is 0 Å². The lowest BCUT2D eigenvalue weighted by Crippen LogP contribution is -2.41. The summed E-state index contributed by atoms with van der Waals surface area (Å²) in [5, 5.41) is 0. The molecule has 17 heavy (non-hydrogen) atoms. The van der Waals surface area contributed by atoms with Gasteiger partial charge in [0.15, 0.2) is 6.10 Å². The van der Waals surface area contributed by atoms with Crippen LogP contribution in [-0.4, -0.2) is 42.3 Å². The molecule has 1 heterocycles. The Hall–Kier alpha value is -1.33. The van der Waals surface area contributed by atoms with Gasteiger partial charge in [0.1, 0.15) is 6.17 Å². The van der Waals surface area contributed by atoms with E-state index in [0.717, 1.165) is 12.8 Å². The average Bonchev–Trinajstić information content (AvgIpc) is 2.69. The van der Waals surface area contributed by atoms with E-state index in [9.17, 15) is 14.0 Å². The zero-order chi connectivity index (χ0) is 12.8. The Morgan fingerprint density at radius 3 is 2.76 bits per heavy atom. The fourth-order valence-electron chi connectivity index (χ4n) is 1.88. The summed E-state index contributed by atoms with van der Waals surface area (Å²) in [6.45, 7) is 2.44. The van der Waals surface area contributed by atoms with E-state index >= 15 is 0 Å². The van der Waals surface area contributed by atoms with E-state index in [-0.39, 0.29) is 12.5 Å². The Balaban J connectivity index is 2.55. The van der Waals surface area contributed by atoms with Gasteiger partial charge in [-0.15, -0.1) is 0 Å². The summed E-state index contributed by atoms with van der Waals surface area (Å²) in [4.78, 5) is 24.1. The number of amides is 2. The number of ether oxygens (including phenoxy) is 1. The zero-order valence-electron chi connectivity index (χ0n) is 10.0. The van der Waals surface area contributed by atoms with Gasteiger partial charge in [0, 0.05) is 6.54 Å². The highest BCUT2D eigenvalue weighted by atomic mass is 19.1. The molecule has 0 radical (unpaired) electrons. The molecule has 1 saturated heterocycles. The van der Waals surface area contributed by atoms with Crippen molar-refractivity contribution in [2.75, 3.05) is 13.1 Å². The van der Waals surface area contributed by atoms with Gasteiger partial charge in [-0.1, -0.05) is 13.3 Å². The summed E-state index contributed by atoms with van der Waals surface area (Å²) in [6.07, 6.45) is -0.365. The van der Waals surface area contributed by atoms with Gasteiger partial charge >= 0.3 is 6.09 Å². The highest BCUT2D eigenvalue weighted by molar-refractivity contribution is 5.83. The standard InChI is InChI=1S/C11H19FN2O3/c1-2-3-4-9(17-11(13)16)10(15)14-6-5-8(12)7-14/h8-9H,2-7H2,1H3,(H2,13,16). The van der Waals surface area contributed by atoms with Crippen molar-refractivity contribution in [3.63, 3.8) is 0 Å². The second-order valence-corrected chi connectivity index (χ2v) is 4.24. The molecular formula is C11H19FN2O3. The third-order valence-electron chi connectivity index (χ3n) is 2.80. The van der Waals surface area contributed by atoms with E-state index < -0.39 is 18.4 Å². The van der Waals surface area contributed by atoms with Crippen LogP contribution < -0.4 is 5.73 Å². The SMILES string of the molecule is CCCCC(OC(N)=O)C(=O)N1CCC(F)C1. The number of primary amides is 1. The molecule has 0 aromatic rings. The first-order valence-electron chi connectivity index (χ1n) is 5.93. The number of alkyl halides is 1. The minimum absolute atomic E-state index is 0.0869. The number of unbranched alkanes of at least 4 members (excludes halogenated alkanes) is 1. The number of hydrogen-bond acceptors (Lipinski definition) is 3. The molecule has 6 heteroatoms. The molecule has 5 nitrogen and oxygen atoms in total. The molecule has 2 amide bonds. The smallest absolute Gasteiger partial charge is 0.405 e. The van der Waals surface area contributed by atoms with Crippen LogP contribution in [-0.2, 0) is 9.53 Å². The Bertz CT molecular complexity index is 286. The number of halogens is 1. The highest BCUT2D eigenvalue weighted by Crippen LogP contribution is 2.16. The molecule has 1 rings (SSSR count). The predicted octanol–water partition coefficient (Wildman–Crippen LogP) is 1.21. The van der Waals surface area contributed by atoms with Crippen molar-refractivity contribution in [3.05, 3.63) is 0 Å². The minimum atomic E-state index is -0.973. The number of carbonyl (C=O) groups is 2. The van der Waals surface area contributed by atoms with Crippen LogP contribution in [0.2, 0.25) is 0 Å². The summed E-state index contributed by atoms with van der Waals surface area (Å²) in [5.41, 5.74) is 4.92. The van der Waals surface area contributed by atoms with Crippen molar-refractivity contribution < 1.29 is 18.7 Å². The van der Waals surface area contributed by atoms with Gasteiger partial charge in [-0.25, -0.2) is 9.18 Å². The number of likely N-dealkylation sites (tertiary alicyclic amines) is 1. The van der Waals surface area contributed by atoms with Crippen LogP contribution in [0, 0.1) is 0 Å². The van der Waals surface area contributed by atoms with E-state index in [1.165, 1.54) is 4.90 Å². The highest BCUT2D eigenvalue weighted by Gasteiger charge is 2.32. The van der Waals surface area contributed by atoms with E-state index in [1.807, 2.05) is 6.92 Å². The molecule has 2 N–H and O–H groups in total. The van der Waals surface area contributed by atoms with Crippen LogP contribution in [0.15, 0.2) is 0 Å². The van der Waals surface area contributed by atoms with Gasteiger partial charge in [0.05, 0.1) is 6.54 Å². The topological polar surface area (TPSA) is 72.6 Å². The molecule has 0 bridgehead atoms. The van der Waals surface area contributed by atoms with Crippen molar-refractivity contribution >= 4 is 12.0 Å². The van der Waals surface area contributed by atoms with E-state index in [4.69, 9.17) is 10.5 Å². The molecule has 0 aromatic carbocycles. The monoisotopic (exact) mass is 246 g/mol. The lowest BCUT2D eigenvalue weighted by molar-refractivity contribution is -0.139. The molecule has 2 atom stereocenters. The maximum atomic E-state index is 13.0. The van der Waals surface area contributed by atoms with E-state index in [2.05, 4.69) is 0 Å². The van der Waals surface area contributed by atoms with Gasteiger partial charge in [-0.3, -0.25) is 4.79 Å². The normalized spacial score (nSPS) is 21.3. The van der Waals surface area contributed by atoms with Crippen LogP contribution in [0.1, 0.15) is 32.6 Å². The van der Waals surface area contributed by atoms with Crippen molar-refractivity contribution in [1.82, 2.24) is 4.90 Å². The van der Waals surface area contributed by atoms with Crippen LogP contribution >= 0.6 is 0 Å². The lowest BCUT2D eigenvalue weighted by atomic mass is 10.1. The van der Waals surface area contributed by atoms with Gasteiger partial charge in [0.2, 0.25) is 0 Å². The minimum Gasteiger partial charge on any atom is -0.436 e. The number of carbonyl (C=O) groups excluding carboxylic acids is 2. The van der Waals surface area contributed by atoms with E-state index in [0.29, 0.717) is 19.4 Å². The summed E-state index contributed by atoms with van der Waals surface area (Å²) in [6, 6.07) is 0. The lowest BCUT2D eigenvalue weighted by Gasteiger charge is -2.22. The first kappa shape index (κ1) is 13.7. The van der Waals surface area contributed by atoms with Crippen molar-refractivity contribution in [2.45, 2.75) is 44.9 Å². The second-order valence-electron chi connectivity index (χ2n) is 4.24. The Morgan fingerprint density at radius 1 is 1.59 bits per heavy atom. The zero-order valence-corrected chi connectivity index (χ0v) is 10.0. The molecular weight excluding hydrogens is 227 g/mol. The van der Waals surface area contributed by atoms with Gasteiger partial charge in [0.25, 0.3) is 5.91 Å². The van der Waals surface area contributed by atoms with Crippen LogP contribution in [0.5, 0.6) is 0 Å². The van der Waals surface area contributed by atoms with Crippen LogP contribution in [0.25, 0.3) is 0 Å². The first-order valence-corrected chi connectivity index (χ1v) is 5.93. The first-order chi connectivity index (χ1) is 8.04. The number of nitrogens with zero attached hydrogens (tertiary/aromatic N) is 1. The van der Waals surface area contributed by atoms with Crippen LogP contribution in [0.4, 0.5) is 9.18 Å². The quantitative estimate of drug-likeness (QED) is 0.792. The fraction of sp³-hybridized carbons (Fsp3) is 0.818. The molecule has 1 aliphatic rings. The molecule has 0 spiro atoms. The molecule has 1 fully saturated rings. The Morgan fingerprint density at radius 2 is 2.29 bits per heavy atom. The van der Waals surface area contributed by atoms with Gasteiger partial charge in [-0.2, -0.15) is 0 Å². The third-order valence-corrected chi connectivity index (χ3v) is 2.80. The van der Waals surface area contributed by atoms with Crippen molar-refractivity contribution in [3.8, 4) is 0 Å². The summed E-state index contributed by atoms with van der Waals surface area (Å²) in [7, 11) is 0. The molecule has 0 aromatic heterocycles. The summed E-state index contributed by atoms with van der Waals surface area (Å²) >= 11 is 0. The van der Waals surface area contributed by atoms with E-state index in [1.54, 1.807) is 0 Å². The molecule has 1 aliphatic heterocycles. The predicted molar refractivity (Wildman–Crippen MR) is 60.1 cm³/mol. The molecule has 98 valence electrons. The number of nitrogens with two attached hydrogens (primary N) is 1. The maximum Gasteiger partial charge on any atom is 0.405 e. The molecule has 2 unspecified atom stereocenters.